The highest BCUT2D eigenvalue weighted by Gasteiger charge is 2.43. The van der Waals surface area contributed by atoms with E-state index in [1.54, 1.807) is 6.08 Å². The number of hydrogen-bond acceptors (Lipinski definition) is 4. The van der Waals surface area contributed by atoms with E-state index in [0.717, 1.165) is 6.42 Å². The zero-order chi connectivity index (χ0) is 37.3. The summed E-state index contributed by atoms with van der Waals surface area (Å²) in [6.07, 6.45) is 17.9. The first-order valence-corrected chi connectivity index (χ1v) is 24.9. The van der Waals surface area contributed by atoms with Gasteiger partial charge in [-0.15, -0.1) is 0 Å². The molecule has 1 aliphatic carbocycles. The second-order valence-electron chi connectivity index (χ2n) is 18.6. The molecule has 0 saturated heterocycles. The molecule has 0 heterocycles. The molecule has 1 rings (SSSR count). The second kappa shape index (κ2) is 19.0. The van der Waals surface area contributed by atoms with Crippen LogP contribution in [0.15, 0.2) is 48.6 Å². The number of allylic oxidation sites excluding steroid dienone is 4. The van der Waals surface area contributed by atoms with Gasteiger partial charge in [-0.1, -0.05) is 144 Å². The largest absolute Gasteiger partial charge is 0.413 e. The molecule has 1 saturated carbocycles. The molecule has 4 unspecified atom stereocenters. The number of aliphatic hydroxyl groups is 1. The Morgan fingerprint density at radius 2 is 1.33 bits per heavy atom. The third-order valence-electron chi connectivity index (χ3n) is 12.0. The molecule has 1 N–H and O–H groups in total. The van der Waals surface area contributed by atoms with E-state index in [0.29, 0.717) is 12.3 Å². The molecule has 0 aliphatic heterocycles. The number of carbonyl (C=O) groups excluding carboxylic acids is 1. The smallest absolute Gasteiger partial charge is 0.192 e. The maximum atomic E-state index is 12.9. The highest BCUT2D eigenvalue weighted by Crippen LogP contribution is 2.42. The van der Waals surface area contributed by atoms with Gasteiger partial charge in [-0.25, -0.2) is 0 Å². The molecule has 1 fully saturated rings. The summed E-state index contributed by atoms with van der Waals surface area (Å²) in [7, 11) is -4.18. The van der Waals surface area contributed by atoms with Crippen molar-refractivity contribution >= 4 is 22.4 Å². The van der Waals surface area contributed by atoms with Gasteiger partial charge in [-0.2, -0.15) is 0 Å². The summed E-state index contributed by atoms with van der Waals surface area (Å²) in [5.41, 5.74) is 1.32. The lowest BCUT2D eigenvalue weighted by Crippen LogP contribution is -2.49. The molecule has 0 spiro atoms. The number of carbonyl (C=O) groups is 1. The molecular weight excluding hydrogens is 625 g/mol. The molecule has 0 bridgehead atoms. The molecule has 6 heteroatoms. The van der Waals surface area contributed by atoms with E-state index in [-0.39, 0.29) is 57.7 Å². The van der Waals surface area contributed by atoms with E-state index in [2.05, 4.69) is 128 Å². The number of hydrogen-bond donors (Lipinski definition) is 1. The zero-order valence-electron chi connectivity index (χ0n) is 34.3. The van der Waals surface area contributed by atoms with Crippen LogP contribution >= 0.6 is 0 Å². The van der Waals surface area contributed by atoms with E-state index < -0.39 is 22.7 Å². The molecule has 278 valence electrons. The van der Waals surface area contributed by atoms with Gasteiger partial charge in [0.2, 0.25) is 0 Å². The predicted octanol–water partition coefficient (Wildman–Crippen LogP) is 12.1. The first kappa shape index (κ1) is 45.0. The fraction of sp³-hybridized carbons (Fsp3) is 0.786. The van der Waals surface area contributed by atoms with Crippen LogP contribution in [0.4, 0.5) is 0 Å². The lowest BCUT2D eigenvalue weighted by Gasteiger charge is -2.44. The Morgan fingerprint density at radius 1 is 0.833 bits per heavy atom. The maximum Gasteiger partial charge on any atom is 0.192 e. The van der Waals surface area contributed by atoms with Gasteiger partial charge in [0.1, 0.15) is 0 Å². The van der Waals surface area contributed by atoms with Crippen LogP contribution in [-0.4, -0.2) is 45.8 Å². The van der Waals surface area contributed by atoms with Gasteiger partial charge in [0, 0.05) is 18.3 Å². The van der Waals surface area contributed by atoms with Crippen LogP contribution < -0.4 is 0 Å². The Labute approximate surface area is 300 Å². The Hall–Kier alpha value is -1.06. The van der Waals surface area contributed by atoms with Crippen molar-refractivity contribution < 1.29 is 18.8 Å². The summed E-state index contributed by atoms with van der Waals surface area (Å²) < 4.78 is 14.3. The molecule has 0 aromatic rings. The van der Waals surface area contributed by atoms with Crippen molar-refractivity contribution in [2.24, 2.45) is 35.5 Å². The number of rotatable bonds is 19. The molecule has 4 nitrogen and oxygen atoms in total. The van der Waals surface area contributed by atoms with Gasteiger partial charge in [-0.05, 0) is 79.4 Å². The summed E-state index contributed by atoms with van der Waals surface area (Å²) in [5.74, 6) is 1.27. The Kier molecular flexibility index (Phi) is 17.8. The average Bonchev–Trinajstić information content (AvgIpc) is 3.46. The third kappa shape index (κ3) is 13.9. The van der Waals surface area contributed by atoms with Crippen LogP contribution in [0.2, 0.25) is 36.3 Å². The van der Waals surface area contributed by atoms with E-state index >= 15 is 0 Å². The summed E-state index contributed by atoms with van der Waals surface area (Å²) in [6.45, 7) is 40.1. The van der Waals surface area contributed by atoms with Crippen molar-refractivity contribution in [3.05, 3.63) is 48.6 Å². The van der Waals surface area contributed by atoms with E-state index in [1.165, 1.54) is 31.3 Å². The lowest BCUT2D eigenvalue weighted by atomic mass is 9.81. The Balaban J connectivity index is 3.35. The van der Waals surface area contributed by atoms with Crippen molar-refractivity contribution in [1.82, 2.24) is 0 Å². The molecule has 8 atom stereocenters. The van der Waals surface area contributed by atoms with E-state index in [9.17, 15) is 9.90 Å². The topological polar surface area (TPSA) is 55.8 Å². The molecule has 0 radical (unpaired) electrons. The van der Waals surface area contributed by atoms with Crippen LogP contribution in [0.5, 0.6) is 0 Å². The fourth-order valence-corrected chi connectivity index (χ4v) is 9.63. The van der Waals surface area contributed by atoms with Crippen LogP contribution in [0.3, 0.4) is 0 Å². The van der Waals surface area contributed by atoms with Crippen molar-refractivity contribution in [3.63, 3.8) is 0 Å². The predicted molar refractivity (Wildman–Crippen MR) is 214 cm³/mol. The molecule has 0 aromatic heterocycles. The zero-order valence-corrected chi connectivity index (χ0v) is 36.3. The average molecular weight is 703 g/mol. The van der Waals surface area contributed by atoms with Gasteiger partial charge in [0.25, 0.3) is 0 Å². The summed E-state index contributed by atoms with van der Waals surface area (Å²) >= 11 is 0. The summed E-state index contributed by atoms with van der Waals surface area (Å²) in [6, 6.07) is 0. The van der Waals surface area contributed by atoms with E-state index in [1.807, 2.05) is 18.2 Å². The molecule has 48 heavy (non-hydrogen) atoms. The maximum absolute atomic E-state index is 12.9. The number of ketones is 1. The Bertz CT molecular complexity index is 1080. The van der Waals surface area contributed by atoms with Gasteiger partial charge in [-0.3, -0.25) is 4.79 Å². The monoisotopic (exact) mass is 703 g/mol. The molecule has 0 aromatic carbocycles. The van der Waals surface area contributed by atoms with Gasteiger partial charge >= 0.3 is 0 Å². The van der Waals surface area contributed by atoms with Gasteiger partial charge in [0.05, 0.1) is 18.3 Å². The minimum absolute atomic E-state index is 0.000194. The SMILES string of the molecule is C=C/C=C\[C@H](C)C(O)C(C)C(O[Si](C)(C)C(C)(C)C)C(C)C/C(C)=C\[C@H](C)[C@@H](O[Si](C)(C)C(C)(C)C)[C@@H](C)/C=C\C(=O)CC1CCCC1. The van der Waals surface area contributed by atoms with Crippen LogP contribution in [0, 0.1) is 35.5 Å². The normalized spacial score (nSPS) is 21.2. The molecule has 1 aliphatic rings. The van der Waals surface area contributed by atoms with Crippen LogP contribution in [0.25, 0.3) is 0 Å². The lowest BCUT2D eigenvalue weighted by molar-refractivity contribution is -0.115. The van der Waals surface area contributed by atoms with Crippen molar-refractivity contribution in [3.8, 4) is 0 Å². The van der Waals surface area contributed by atoms with E-state index in [4.69, 9.17) is 8.85 Å². The fourth-order valence-electron chi connectivity index (χ4n) is 6.68. The third-order valence-corrected chi connectivity index (χ3v) is 20.9. The summed E-state index contributed by atoms with van der Waals surface area (Å²) in [5, 5.41) is 11.6. The second-order valence-corrected chi connectivity index (χ2v) is 28.1. The Morgan fingerprint density at radius 3 is 1.81 bits per heavy atom. The van der Waals surface area contributed by atoms with Crippen LogP contribution in [0.1, 0.15) is 122 Å². The highest BCUT2D eigenvalue weighted by molar-refractivity contribution is 6.74. The highest BCUT2D eigenvalue weighted by atomic mass is 28.4. The quantitative estimate of drug-likeness (QED) is 0.0630. The first-order chi connectivity index (χ1) is 21.8. The minimum Gasteiger partial charge on any atom is -0.413 e. The van der Waals surface area contributed by atoms with Gasteiger partial charge < -0.3 is 14.0 Å². The van der Waals surface area contributed by atoms with Gasteiger partial charge in [0.15, 0.2) is 22.4 Å². The first-order valence-electron chi connectivity index (χ1n) is 19.1. The van der Waals surface area contributed by atoms with Crippen LogP contribution in [-0.2, 0) is 13.6 Å². The van der Waals surface area contributed by atoms with Crippen molar-refractivity contribution in [2.75, 3.05) is 0 Å². The van der Waals surface area contributed by atoms with Crippen molar-refractivity contribution in [1.29, 1.82) is 0 Å². The number of aliphatic hydroxyl groups excluding tert-OH is 1. The van der Waals surface area contributed by atoms with Crippen molar-refractivity contribution in [2.45, 2.75) is 176 Å². The standard InChI is InChI=1S/C42H78O4Si2/c1-18-19-22-31(3)38(44)35(7)40(46-48(16,17)42(11,12)13)34(6)28-30(2)27-33(5)39(45-47(14,15)41(8,9)10)32(4)25-26-37(43)29-36-23-20-21-24-36/h18-19,22,25-27,31-36,38-40,44H,1,20-21,23-24,28-29H2,2-17H3/b22-19-,26-25-,30-27-/t31-,32-,33-,34?,35?,38?,39-,40?/m0/s1. The summed E-state index contributed by atoms with van der Waals surface area (Å²) in [4.78, 5) is 12.9. The minimum atomic E-state index is -2.11. The molecule has 0 amide bonds. The molecular formula is C42H78O4Si2.